The Morgan fingerprint density at radius 2 is 2.00 bits per heavy atom. The average molecular weight is 357 g/mol. The minimum Gasteiger partial charge on any atom is -0.306 e. The lowest BCUT2D eigenvalue weighted by molar-refractivity contribution is 0.563. The lowest BCUT2D eigenvalue weighted by atomic mass is 10.0. The molecule has 1 aromatic carbocycles. The van der Waals surface area contributed by atoms with E-state index in [-0.39, 0.29) is 10.6 Å². The Labute approximate surface area is 137 Å². The molecule has 0 aliphatic heterocycles. The predicted molar refractivity (Wildman–Crippen MR) is 89.9 cm³/mol. The maximum absolute atomic E-state index is 11.7. The summed E-state index contributed by atoms with van der Waals surface area (Å²) in [6, 6.07) is 8.16. The van der Waals surface area contributed by atoms with Crippen LogP contribution in [0.2, 0.25) is 0 Å². The van der Waals surface area contributed by atoms with Crippen molar-refractivity contribution in [1.82, 2.24) is 4.98 Å². The first-order valence-electron chi connectivity index (χ1n) is 6.28. The van der Waals surface area contributed by atoms with E-state index in [0.717, 1.165) is 11.8 Å². The molecule has 2 rings (SSSR count). The quantitative estimate of drug-likeness (QED) is 0.634. The zero-order valence-electron chi connectivity index (χ0n) is 11.8. The molecule has 0 saturated carbocycles. The molecular formula is C14H15NO4S3. The second-order valence-electron chi connectivity index (χ2n) is 4.76. The van der Waals surface area contributed by atoms with Crippen LogP contribution in [0, 0.1) is 0 Å². The molecule has 1 heterocycles. The molecule has 0 bridgehead atoms. The van der Waals surface area contributed by atoms with Crippen LogP contribution in [0.1, 0.15) is 11.1 Å². The number of sulfone groups is 1. The van der Waals surface area contributed by atoms with Gasteiger partial charge < -0.3 is 4.55 Å². The highest BCUT2D eigenvalue weighted by Crippen LogP contribution is 2.26. The minimum atomic E-state index is -3.39. The lowest BCUT2D eigenvalue weighted by Gasteiger charge is -2.10. The van der Waals surface area contributed by atoms with E-state index < -0.39 is 20.9 Å². The Bertz CT molecular complexity index is 819. The number of hydrogen-bond donors (Lipinski definition) is 2. The molecule has 0 spiro atoms. The number of benzene rings is 1. The van der Waals surface area contributed by atoms with Gasteiger partial charge in [-0.25, -0.2) is 12.6 Å². The van der Waals surface area contributed by atoms with Crippen molar-refractivity contribution in [3.63, 3.8) is 0 Å². The molecule has 5 nitrogen and oxygen atoms in total. The van der Waals surface area contributed by atoms with Crippen molar-refractivity contribution in [2.45, 2.75) is 16.4 Å². The molecule has 0 fully saturated rings. The van der Waals surface area contributed by atoms with Gasteiger partial charge in [0.05, 0.1) is 16.3 Å². The number of pyridine rings is 1. The molecule has 0 aliphatic rings. The van der Waals surface area contributed by atoms with Crippen molar-refractivity contribution < 1.29 is 17.2 Å². The van der Waals surface area contributed by atoms with E-state index >= 15 is 0 Å². The number of hydrogen-bond acceptors (Lipinski definition) is 5. The van der Waals surface area contributed by atoms with Gasteiger partial charge >= 0.3 is 0 Å². The summed E-state index contributed by atoms with van der Waals surface area (Å²) < 4.78 is 43.6. The molecule has 2 aromatic rings. The van der Waals surface area contributed by atoms with Gasteiger partial charge in [-0.05, 0) is 35.4 Å². The minimum absolute atomic E-state index is 0.113. The largest absolute Gasteiger partial charge is 0.306 e. The standard InChI is InChI=1S/C14H15NO4S3/c1-22(18,19)12-2-3-13(11(7-12)9-21(16)17)14-6-10(8-20)4-5-15-14/h2-7,20H,8-9H2,1H3,(H,16,17). The molecule has 0 aliphatic carbocycles. The van der Waals surface area contributed by atoms with Gasteiger partial charge in [0.2, 0.25) is 0 Å². The van der Waals surface area contributed by atoms with Gasteiger partial charge in [0.25, 0.3) is 0 Å². The van der Waals surface area contributed by atoms with Crippen molar-refractivity contribution >= 4 is 33.5 Å². The van der Waals surface area contributed by atoms with E-state index in [9.17, 15) is 12.6 Å². The van der Waals surface area contributed by atoms with Gasteiger partial charge in [0.1, 0.15) is 0 Å². The summed E-state index contributed by atoms with van der Waals surface area (Å²) in [6.07, 6.45) is 2.73. The number of aromatic nitrogens is 1. The Hall–Kier alpha value is -1.22. The van der Waals surface area contributed by atoms with Crippen LogP contribution in [0.25, 0.3) is 11.3 Å². The SMILES string of the molecule is CS(=O)(=O)c1ccc(-c2cc(CS)ccn2)c(CS(=O)O)c1. The van der Waals surface area contributed by atoms with E-state index in [0.29, 0.717) is 22.6 Å². The molecule has 0 saturated heterocycles. The Morgan fingerprint density at radius 1 is 1.27 bits per heavy atom. The van der Waals surface area contributed by atoms with Crippen molar-refractivity contribution in [2.24, 2.45) is 0 Å². The highest BCUT2D eigenvalue weighted by molar-refractivity contribution is 7.90. The van der Waals surface area contributed by atoms with Gasteiger partial charge in [0, 0.05) is 23.8 Å². The highest BCUT2D eigenvalue weighted by atomic mass is 32.2. The van der Waals surface area contributed by atoms with Crippen molar-refractivity contribution in [2.75, 3.05) is 6.26 Å². The molecular weight excluding hydrogens is 342 g/mol. The summed E-state index contributed by atoms with van der Waals surface area (Å²) >= 11 is 2.13. The number of nitrogens with zero attached hydrogens (tertiary/aromatic N) is 1. The zero-order chi connectivity index (χ0) is 16.3. The second kappa shape index (κ2) is 6.91. The van der Waals surface area contributed by atoms with Gasteiger partial charge in [-0.15, -0.1) is 0 Å². The third kappa shape index (κ3) is 4.16. The third-order valence-corrected chi connectivity index (χ3v) is 5.10. The van der Waals surface area contributed by atoms with Gasteiger partial charge in [-0.3, -0.25) is 4.98 Å². The van der Waals surface area contributed by atoms with E-state index in [2.05, 4.69) is 17.6 Å². The van der Waals surface area contributed by atoms with Gasteiger partial charge in [-0.2, -0.15) is 12.6 Å². The molecule has 0 radical (unpaired) electrons. The molecule has 0 amide bonds. The van der Waals surface area contributed by atoms with Crippen molar-refractivity contribution in [3.8, 4) is 11.3 Å². The Morgan fingerprint density at radius 3 is 2.59 bits per heavy atom. The van der Waals surface area contributed by atoms with Crippen molar-refractivity contribution in [3.05, 3.63) is 47.7 Å². The van der Waals surface area contributed by atoms with Crippen LogP contribution in [-0.4, -0.2) is 28.4 Å². The highest BCUT2D eigenvalue weighted by Gasteiger charge is 2.14. The first kappa shape index (κ1) is 17.1. The van der Waals surface area contributed by atoms with Crippen molar-refractivity contribution in [1.29, 1.82) is 0 Å². The fourth-order valence-corrected chi connectivity index (χ4v) is 3.40. The van der Waals surface area contributed by atoms with E-state index in [4.69, 9.17) is 4.55 Å². The summed E-state index contributed by atoms with van der Waals surface area (Å²) in [5.74, 6) is 0.379. The van der Waals surface area contributed by atoms with Crippen LogP contribution < -0.4 is 0 Å². The summed E-state index contributed by atoms with van der Waals surface area (Å²) in [7, 11) is -3.39. The topological polar surface area (TPSA) is 84.3 Å². The molecule has 1 N–H and O–H groups in total. The summed E-state index contributed by atoms with van der Waals surface area (Å²) in [6.45, 7) is 0. The fourth-order valence-electron chi connectivity index (χ4n) is 2.02. The van der Waals surface area contributed by atoms with Crippen LogP contribution in [0.5, 0.6) is 0 Å². The molecule has 1 aromatic heterocycles. The maximum Gasteiger partial charge on any atom is 0.175 e. The summed E-state index contributed by atoms with van der Waals surface area (Å²) in [5, 5.41) is 0. The summed E-state index contributed by atoms with van der Waals surface area (Å²) in [5.41, 5.74) is 2.68. The fraction of sp³-hybridized carbons (Fsp3) is 0.214. The smallest absolute Gasteiger partial charge is 0.175 e. The predicted octanol–water partition coefficient (Wildman–Crippen LogP) is 2.30. The number of rotatable bonds is 5. The van der Waals surface area contributed by atoms with Crippen LogP contribution in [-0.2, 0) is 32.4 Å². The molecule has 118 valence electrons. The maximum atomic E-state index is 11.7. The van der Waals surface area contributed by atoms with E-state index in [1.165, 1.54) is 12.1 Å². The van der Waals surface area contributed by atoms with Crippen LogP contribution in [0.15, 0.2) is 41.4 Å². The first-order chi connectivity index (χ1) is 10.3. The molecule has 1 atom stereocenters. The second-order valence-corrected chi connectivity index (χ2v) is 8.03. The Kier molecular flexibility index (Phi) is 5.38. The number of thiol groups is 1. The molecule has 8 heteroatoms. The first-order valence-corrected chi connectivity index (χ1v) is 10.1. The van der Waals surface area contributed by atoms with E-state index in [1.54, 1.807) is 12.3 Å². The van der Waals surface area contributed by atoms with Crippen LogP contribution >= 0.6 is 12.6 Å². The average Bonchev–Trinajstić information content (AvgIpc) is 2.45. The zero-order valence-corrected chi connectivity index (χ0v) is 14.3. The van der Waals surface area contributed by atoms with Crippen LogP contribution in [0.4, 0.5) is 0 Å². The van der Waals surface area contributed by atoms with Crippen LogP contribution in [0.3, 0.4) is 0 Å². The Balaban J connectivity index is 2.61. The van der Waals surface area contributed by atoms with Gasteiger partial charge in [-0.1, -0.05) is 6.07 Å². The van der Waals surface area contributed by atoms with E-state index in [1.807, 2.05) is 12.1 Å². The third-order valence-electron chi connectivity index (χ3n) is 3.07. The normalized spacial score (nSPS) is 13.0. The lowest BCUT2D eigenvalue weighted by Crippen LogP contribution is -2.02. The molecule has 22 heavy (non-hydrogen) atoms. The molecule has 1 unspecified atom stereocenters. The van der Waals surface area contributed by atoms with Gasteiger partial charge in [0.15, 0.2) is 20.9 Å². The summed E-state index contributed by atoms with van der Waals surface area (Å²) in [4.78, 5) is 4.37. The monoisotopic (exact) mass is 357 g/mol.